The van der Waals surface area contributed by atoms with Gasteiger partial charge in [-0.05, 0) is 19.8 Å². The molecule has 0 aliphatic heterocycles. The van der Waals surface area contributed by atoms with Gasteiger partial charge < -0.3 is 10.1 Å². The van der Waals surface area contributed by atoms with Crippen LogP contribution in [0.15, 0.2) is 16.6 Å². The average Bonchev–Trinajstić information content (AvgIpc) is 2.96. The molecule has 4 N–H and O–H groups in total. The van der Waals surface area contributed by atoms with Gasteiger partial charge in [0, 0.05) is 31.3 Å². The third kappa shape index (κ3) is 6.00. The van der Waals surface area contributed by atoms with E-state index in [0.717, 1.165) is 31.1 Å². The number of ether oxygens (including phenoxy) is 1. The van der Waals surface area contributed by atoms with E-state index in [4.69, 9.17) is 10.6 Å². The first-order valence-electron chi connectivity index (χ1n) is 6.56. The zero-order valence-electron chi connectivity index (χ0n) is 11.6. The van der Waals surface area contributed by atoms with Crippen molar-refractivity contribution in [3.8, 4) is 0 Å². The highest BCUT2D eigenvalue weighted by Crippen LogP contribution is 2.18. The maximum atomic E-state index is 5.48. The second kappa shape index (κ2) is 9.71. The molecule has 0 aliphatic carbocycles. The minimum atomic E-state index is 0.140. The topological polar surface area (TPSA) is 84.6 Å². The lowest BCUT2D eigenvalue weighted by molar-refractivity contribution is 0.146. The van der Waals surface area contributed by atoms with Crippen molar-refractivity contribution in [1.82, 2.24) is 15.7 Å². The lowest BCUT2D eigenvalue weighted by atomic mass is 10.2. The largest absolute Gasteiger partial charge is 0.382 e. The van der Waals surface area contributed by atoms with Gasteiger partial charge in [0.15, 0.2) is 0 Å². The van der Waals surface area contributed by atoms with Gasteiger partial charge in [-0.15, -0.1) is 11.3 Å². The van der Waals surface area contributed by atoms with Gasteiger partial charge in [0.2, 0.25) is 5.96 Å². The SMILES string of the molecule is CCOCCCN=C(NN)NC(CC)c1nccs1. The van der Waals surface area contributed by atoms with Crippen LogP contribution in [-0.2, 0) is 4.74 Å². The highest BCUT2D eigenvalue weighted by molar-refractivity contribution is 7.09. The van der Waals surface area contributed by atoms with Crippen molar-refractivity contribution in [2.45, 2.75) is 32.7 Å². The number of nitrogens with two attached hydrogens (primary N) is 1. The van der Waals surface area contributed by atoms with E-state index in [0.29, 0.717) is 12.5 Å². The third-order valence-corrected chi connectivity index (χ3v) is 3.42. The van der Waals surface area contributed by atoms with E-state index in [1.165, 1.54) is 0 Å². The summed E-state index contributed by atoms with van der Waals surface area (Å²) in [7, 11) is 0. The van der Waals surface area contributed by atoms with Gasteiger partial charge in [0.1, 0.15) is 5.01 Å². The Hall–Kier alpha value is -1.18. The van der Waals surface area contributed by atoms with Gasteiger partial charge in [-0.2, -0.15) is 0 Å². The lowest BCUT2D eigenvalue weighted by Crippen LogP contribution is -2.43. The molecule has 0 aliphatic rings. The first-order chi connectivity index (χ1) is 9.31. The van der Waals surface area contributed by atoms with Crippen molar-refractivity contribution < 1.29 is 4.74 Å². The summed E-state index contributed by atoms with van der Waals surface area (Å²) in [6, 6.07) is 0.140. The molecule has 0 saturated heterocycles. The summed E-state index contributed by atoms with van der Waals surface area (Å²) in [5.41, 5.74) is 2.59. The average molecular weight is 285 g/mol. The second-order valence-electron chi connectivity index (χ2n) is 3.90. The molecule has 19 heavy (non-hydrogen) atoms. The zero-order chi connectivity index (χ0) is 13.9. The van der Waals surface area contributed by atoms with E-state index in [2.05, 4.69) is 27.6 Å². The highest BCUT2D eigenvalue weighted by Gasteiger charge is 2.12. The molecule has 1 rings (SSSR count). The van der Waals surface area contributed by atoms with E-state index in [1.807, 2.05) is 12.3 Å². The molecule has 0 bridgehead atoms. The Balaban J connectivity index is 2.43. The van der Waals surface area contributed by atoms with Gasteiger partial charge in [-0.3, -0.25) is 10.4 Å². The molecule has 108 valence electrons. The first-order valence-corrected chi connectivity index (χ1v) is 7.44. The molecular formula is C12H23N5OS. The van der Waals surface area contributed by atoms with E-state index in [9.17, 15) is 0 Å². The minimum absolute atomic E-state index is 0.140. The fourth-order valence-electron chi connectivity index (χ4n) is 1.54. The van der Waals surface area contributed by atoms with Crippen molar-refractivity contribution in [2.24, 2.45) is 10.8 Å². The number of hydrogen-bond acceptors (Lipinski definition) is 5. The van der Waals surface area contributed by atoms with Gasteiger partial charge in [0.25, 0.3) is 0 Å². The number of thiazole rings is 1. The summed E-state index contributed by atoms with van der Waals surface area (Å²) in [6.45, 7) is 6.23. The Morgan fingerprint density at radius 1 is 1.58 bits per heavy atom. The van der Waals surface area contributed by atoms with Gasteiger partial charge in [0.05, 0.1) is 6.04 Å². The quantitative estimate of drug-likeness (QED) is 0.221. The summed E-state index contributed by atoms with van der Waals surface area (Å²) >= 11 is 1.63. The fraction of sp³-hybridized carbons (Fsp3) is 0.667. The van der Waals surface area contributed by atoms with E-state index >= 15 is 0 Å². The summed E-state index contributed by atoms with van der Waals surface area (Å²) in [5.74, 6) is 6.07. The van der Waals surface area contributed by atoms with E-state index in [1.54, 1.807) is 17.5 Å². The fourth-order valence-corrected chi connectivity index (χ4v) is 2.32. The van der Waals surface area contributed by atoms with E-state index < -0.39 is 0 Å². The Bertz CT molecular complexity index is 355. The molecule has 1 aromatic rings. The predicted molar refractivity (Wildman–Crippen MR) is 79.0 cm³/mol. The number of rotatable bonds is 8. The zero-order valence-corrected chi connectivity index (χ0v) is 12.4. The van der Waals surface area contributed by atoms with Crippen molar-refractivity contribution in [2.75, 3.05) is 19.8 Å². The molecular weight excluding hydrogens is 262 g/mol. The van der Waals surface area contributed by atoms with Crippen molar-refractivity contribution >= 4 is 17.3 Å². The van der Waals surface area contributed by atoms with Crippen LogP contribution in [0.3, 0.4) is 0 Å². The molecule has 6 nitrogen and oxygen atoms in total. The molecule has 1 unspecified atom stereocenters. The van der Waals surface area contributed by atoms with Crippen LogP contribution in [-0.4, -0.2) is 30.7 Å². The summed E-state index contributed by atoms with van der Waals surface area (Å²) in [4.78, 5) is 8.69. The van der Waals surface area contributed by atoms with Crippen molar-refractivity contribution in [3.05, 3.63) is 16.6 Å². The number of aliphatic imine (C=N–C) groups is 1. The predicted octanol–water partition coefficient (Wildman–Crippen LogP) is 1.43. The second-order valence-corrected chi connectivity index (χ2v) is 4.83. The smallest absolute Gasteiger partial charge is 0.206 e. The standard InChI is InChI=1S/C12H23N5OS/c1-3-10(11-14-7-9-19-11)16-12(17-13)15-6-5-8-18-4-2/h7,9-10H,3-6,8,13H2,1-2H3,(H2,15,16,17). The molecule has 1 heterocycles. The number of nitrogens with one attached hydrogen (secondary N) is 2. The Morgan fingerprint density at radius 3 is 3.00 bits per heavy atom. The van der Waals surface area contributed by atoms with Crippen LogP contribution in [0.1, 0.15) is 37.7 Å². The number of nitrogens with zero attached hydrogens (tertiary/aromatic N) is 2. The number of hydrogen-bond donors (Lipinski definition) is 3. The third-order valence-electron chi connectivity index (χ3n) is 2.53. The molecule has 0 aromatic carbocycles. The highest BCUT2D eigenvalue weighted by atomic mass is 32.1. The first kappa shape index (κ1) is 15.9. The normalized spacial score (nSPS) is 13.3. The minimum Gasteiger partial charge on any atom is -0.382 e. The molecule has 1 aromatic heterocycles. The van der Waals surface area contributed by atoms with Crippen LogP contribution in [0, 0.1) is 0 Å². The van der Waals surface area contributed by atoms with Crippen LogP contribution in [0.4, 0.5) is 0 Å². The van der Waals surface area contributed by atoms with Crippen LogP contribution >= 0.6 is 11.3 Å². The maximum Gasteiger partial charge on any atom is 0.206 e. The molecule has 0 fully saturated rings. The van der Waals surface area contributed by atoms with Gasteiger partial charge in [-0.1, -0.05) is 6.92 Å². The summed E-state index contributed by atoms with van der Waals surface area (Å²) in [6.07, 6.45) is 3.61. The summed E-state index contributed by atoms with van der Waals surface area (Å²) in [5, 5.41) is 6.28. The van der Waals surface area contributed by atoms with Gasteiger partial charge >= 0.3 is 0 Å². The maximum absolute atomic E-state index is 5.48. The van der Waals surface area contributed by atoms with Crippen LogP contribution in [0.5, 0.6) is 0 Å². The molecule has 0 radical (unpaired) electrons. The Kier molecular flexibility index (Phi) is 8.11. The van der Waals surface area contributed by atoms with E-state index in [-0.39, 0.29) is 6.04 Å². The summed E-state index contributed by atoms with van der Waals surface area (Å²) < 4.78 is 5.26. The van der Waals surface area contributed by atoms with Crippen molar-refractivity contribution in [1.29, 1.82) is 0 Å². The molecule has 0 saturated carbocycles. The molecule has 7 heteroatoms. The molecule has 0 amide bonds. The Morgan fingerprint density at radius 2 is 2.42 bits per heavy atom. The van der Waals surface area contributed by atoms with Crippen LogP contribution in [0.25, 0.3) is 0 Å². The van der Waals surface area contributed by atoms with Gasteiger partial charge in [-0.25, -0.2) is 10.8 Å². The Labute approximate surface area is 118 Å². The number of aromatic nitrogens is 1. The monoisotopic (exact) mass is 285 g/mol. The van der Waals surface area contributed by atoms with Crippen molar-refractivity contribution in [3.63, 3.8) is 0 Å². The number of guanidine groups is 1. The molecule has 1 atom stereocenters. The lowest BCUT2D eigenvalue weighted by Gasteiger charge is -2.17. The number of hydrazine groups is 1. The van der Waals surface area contributed by atoms with Crippen LogP contribution in [0.2, 0.25) is 0 Å². The molecule has 0 spiro atoms. The van der Waals surface area contributed by atoms with Crippen LogP contribution < -0.4 is 16.6 Å².